The number of amides is 2. The molecule has 6 heteroatoms. The second kappa shape index (κ2) is 8.89. The minimum Gasteiger partial charge on any atom is -0.355 e. The molecule has 1 N–H and O–H groups in total. The van der Waals surface area contributed by atoms with E-state index in [4.69, 9.17) is 11.6 Å². The van der Waals surface area contributed by atoms with E-state index in [1.54, 1.807) is 16.7 Å². The topological polar surface area (TPSA) is 49.4 Å². The van der Waals surface area contributed by atoms with Crippen molar-refractivity contribution in [3.8, 4) is 0 Å². The molecule has 1 heterocycles. The third-order valence-corrected chi connectivity index (χ3v) is 6.21. The number of thioether (sulfide) groups is 1. The molecular weight excluding hydrogens is 404 g/mol. The van der Waals surface area contributed by atoms with E-state index in [0.717, 1.165) is 37.7 Å². The van der Waals surface area contributed by atoms with Gasteiger partial charge in [0, 0.05) is 46.1 Å². The van der Waals surface area contributed by atoms with E-state index in [0.29, 0.717) is 25.9 Å². The van der Waals surface area contributed by atoms with Crippen LogP contribution in [-0.2, 0) is 4.79 Å². The molecule has 0 aromatic heterocycles. The second-order valence-corrected chi connectivity index (χ2v) is 8.50. The Kier molecular flexibility index (Phi) is 6.07. The van der Waals surface area contributed by atoms with Gasteiger partial charge in [-0.2, -0.15) is 0 Å². The van der Waals surface area contributed by atoms with Crippen molar-refractivity contribution >= 4 is 51.6 Å². The van der Waals surface area contributed by atoms with Gasteiger partial charge in [-0.15, -0.1) is 11.8 Å². The number of hydrogen-bond acceptors (Lipinski definition) is 3. The van der Waals surface area contributed by atoms with Gasteiger partial charge in [0.1, 0.15) is 0 Å². The Bertz CT molecular complexity index is 1050. The lowest BCUT2D eigenvalue weighted by Gasteiger charge is -2.17. The summed E-state index contributed by atoms with van der Waals surface area (Å²) < 4.78 is 0. The van der Waals surface area contributed by atoms with Gasteiger partial charge >= 0.3 is 0 Å². The highest BCUT2D eigenvalue weighted by molar-refractivity contribution is 7.99. The van der Waals surface area contributed by atoms with E-state index in [1.807, 2.05) is 60.7 Å². The highest BCUT2D eigenvalue weighted by atomic mass is 35.5. The Morgan fingerprint density at radius 1 is 1.03 bits per heavy atom. The van der Waals surface area contributed by atoms with Crippen LogP contribution in [0.2, 0.25) is 5.02 Å². The first-order chi connectivity index (χ1) is 14.1. The van der Waals surface area contributed by atoms with Crippen molar-refractivity contribution in [2.75, 3.05) is 23.7 Å². The summed E-state index contributed by atoms with van der Waals surface area (Å²) in [6.07, 6.45) is 1.04. The van der Waals surface area contributed by atoms with E-state index >= 15 is 0 Å². The number of benzene rings is 3. The molecule has 0 radical (unpaired) electrons. The zero-order chi connectivity index (χ0) is 20.2. The molecule has 0 unspecified atom stereocenters. The summed E-state index contributed by atoms with van der Waals surface area (Å²) in [4.78, 5) is 27.8. The minimum atomic E-state index is 0.0177. The lowest BCUT2D eigenvalue weighted by molar-refractivity contribution is -0.121. The van der Waals surface area contributed by atoms with Crippen LogP contribution in [0.1, 0.15) is 23.2 Å². The number of rotatable bonds is 8. The molecule has 0 atom stereocenters. The van der Waals surface area contributed by atoms with Gasteiger partial charge in [-0.05, 0) is 48.2 Å². The highest BCUT2D eigenvalue weighted by Crippen LogP contribution is 2.37. The Balaban J connectivity index is 1.22. The molecule has 1 aliphatic rings. The minimum absolute atomic E-state index is 0.0177. The molecule has 0 fully saturated rings. The van der Waals surface area contributed by atoms with Crippen molar-refractivity contribution in [2.24, 2.45) is 0 Å². The molecule has 29 heavy (non-hydrogen) atoms. The number of hydrogen-bond donors (Lipinski definition) is 1. The fourth-order valence-electron chi connectivity index (χ4n) is 3.58. The first-order valence-corrected chi connectivity index (χ1v) is 11.0. The average molecular weight is 425 g/mol. The predicted octanol–water partition coefficient (Wildman–Crippen LogP) is 5.14. The highest BCUT2D eigenvalue weighted by Gasteiger charge is 2.28. The van der Waals surface area contributed by atoms with Crippen LogP contribution in [-0.4, -0.2) is 30.7 Å². The lowest BCUT2D eigenvalue weighted by Crippen LogP contribution is -2.30. The molecule has 3 aromatic carbocycles. The monoisotopic (exact) mass is 424 g/mol. The predicted molar refractivity (Wildman–Crippen MR) is 120 cm³/mol. The number of carbonyl (C=O) groups is 2. The van der Waals surface area contributed by atoms with Crippen LogP contribution >= 0.6 is 23.4 Å². The molecule has 2 amide bonds. The van der Waals surface area contributed by atoms with Crippen LogP contribution in [0.15, 0.2) is 65.6 Å². The Morgan fingerprint density at radius 3 is 2.59 bits per heavy atom. The van der Waals surface area contributed by atoms with Gasteiger partial charge in [0.05, 0.1) is 5.69 Å². The Morgan fingerprint density at radius 2 is 1.79 bits per heavy atom. The maximum Gasteiger partial charge on any atom is 0.258 e. The van der Waals surface area contributed by atoms with Crippen molar-refractivity contribution < 1.29 is 9.59 Å². The van der Waals surface area contributed by atoms with Gasteiger partial charge in [0.25, 0.3) is 5.91 Å². The molecule has 3 aromatic rings. The fourth-order valence-corrected chi connectivity index (χ4v) is 4.47. The third kappa shape index (κ3) is 4.41. The van der Waals surface area contributed by atoms with E-state index < -0.39 is 0 Å². The first kappa shape index (κ1) is 19.8. The van der Waals surface area contributed by atoms with Crippen LogP contribution < -0.4 is 10.2 Å². The summed E-state index contributed by atoms with van der Waals surface area (Å²) in [6.45, 7) is 1.15. The second-order valence-electron chi connectivity index (χ2n) is 6.89. The molecule has 148 valence electrons. The molecule has 4 nitrogen and oxygen atoms in total. The fraction of sp³-hybridized carbons (Fsp3) is 0.217. The summed E-state index contributed by atoms with van der Waals surface area (Å²) in [5.41, 5.74) is 1.70. The summed E-state index contributed by atoms with van der Waals surface area (Å²) >= 11 is 7.56. The quantitative estimate of drug-likeness (QED) is 0.402. The number of halogens is 1. The summed E-state index contributed by atoms with van der Waals surface area (Å²) in [5.74, 6) is 0.843. The van der Waals surface area contributed by atoms with Crippen molar-refractivity contribution in [3.63, 3.8) is 0 Å². The van der Waals surface area contributed by atoms with E-state index in [-0.39, 0.29) is 11.8 Å². The maximum absolute atomic E-state index is 12.7. The zero-order valence-corrected chi connectivity index (χ0v) is 17.4. The number of nitrogens with one attached hydrogen (secondary N) is 1. The largest absolute Gasteiger partial charge is 0.355 e. The Labute approximate surface area is 179 Å². The van der Waals surface area contributed by atoms with Gasteiger partial charge in [-0.1, -0.05) is 35.9 Å². The van der Waals surface area contributed by atoms with Gasteiger partial charge in [0.15, 0.2) is 0 Å². The summed E-state index contributed by atoms with van der Waals surface area (Å²) in [7, 11) is 0. The van der Waals surface area contributed by atoms with Crippen molar-refractivity contribution in [1.82, 2.24) is 5.32 Å². The third-order valence-electron chi connectivity index (χ3n) is 4.94. The van der Waals surface area contributed by atoms with Gasteiger partial charge in [-0.25, -0.2) is 0 Å². The van der Waals surface area contributed by atoms with E-state index in [9.17, 15) is 9.59 Å². The molecule has 0 saturated heterocycles. The zero-order valence-electron chi connectivity index (χ0n) is 15.9. The van der Waals surface area contributed by atoms with Crippen LogP contribution in [0.5, 0.6) is 0 Å². The van der Waals surface area contributed by atoms with E-state index in [2.05, 4.69) is 5.32 Å². The number of nitrogens with zero attached hydrogens (tertiary/aromatic N) is 1. The van der Waals surface area contributed by atoms with Crippen LogP contribution in [0.25, 0.3) is 10.8 Å². The normalized spacial score (nSPS) is 12.6. The van der Waals surface area contributed by atoms with Gasteiger partial charge < -0.3 is 10.2 Å². The van der Waals surface area contributed by atoms with Gasteiger partial charge in [-0.3, -0.25) is 9.59 Å². The molecular formula is C23H21ClN2O2S. The molecule has 0 bridgehead atoms. The van der Waals surface area contributed by atoms with Crippen LogP contribution in [0.3, 0.4) is 0 Å². The van der Waals surface area contributed by atoms with Crippen molar-refractivity contribution in [3.05, 3.63) is 71.2 Å². The number of anilines is 1. The van der Waals surface area contributed by atoms with Crippen molar-refractivity contribution in [1.29, 1.82) is 0 Å². The Hall–Kier alpha value is -2.50. The van der Waals surface area contributed by atoms with Crippen molar-refractivity contribution in [2.45, 2.75) is 17.7 Å². The SMILES string of the molecule is O=C(CCCN1C(=O)c2cccc3cccc1c23)NCCSc1ccc(Cl)cc1. The standard InChI is InChI=1S/C23H21ClN2O2S/c24-17-9-11-18(12-10-17)29-15-13-25-21(27)8-3-14-26-20-7-2-5-16-4-1-6-19(22(16)20)23(26)28/h1-2,4-7,9-12H,3,8,13-15H2,(H,25,27). The molecule has 1 aliphatic heterocycles. The van der Waals surface area contributed by atoms with Crippen LogP contribution in [0, 0.1) is 0 Å². The van der Waals surface area contributed by atoms with Crippen LogP contribution in [0.4, 0.5) is 5.69 Å². The summed E-state index contributed by atoms with van der Waals surface area (Å²) in [6, 6.07) is 19.5. The number of carbonyl (C=O) groups excluding carboxylic acids is 2. The molecule has 0 saturated carbocycles. The smallest absolute Gasteiger partial charge is 0.258 e. The molecule has 0 spiro atoms. The molecule has 4 rings (SSSR count). The summed E-state index contributed by atoms with van der Waals surface area (Å²) in [5, 5.41) is 5.76. The maximum atomic E-state index is 12.7. The first-order valence-electron chi connectivity index (χ1n) is 9.62. The van der Waals surface area contributed by atoms with Gasteiger partial charge in [0.2, 0.25) is 5.91 Å². The molecule has 0 aliphatic carbocycles. The van der Waals surface area contributed by atoms with E-state index in [1.165, 1.54) is 0 Å². The lowest BCUT2D eigenvalue weighted by atomic mass is 10.1. The average Bonchev–Trinajstić information content (AvgIpc) is 3.01.